The summed E-state index contributed by atoms with van der Waals surface area (Å²) >= 11 is 0. The van der Waals surface area contributed by atoms with Gasteiger partial charge in [-0.05, 0) is 36.5 Å². The van der Waals surface area contributed by atoms with Crippen molar-refractivity contribution in [3.63, 3.8) is 0 Å². The number of aliphatic imine (C=N–C) groups is 1. The van der Waals surface area contributed by atoms with Gasteiger partial charge >= 0.3 is 0 Å². The standard InChI is InChI=1S/C16H20FN3/c1-3-15(13-6-8-14(17)9-7-13)19-16(18)20-10-4-5-12(2)11-20/h1,6-9,12,15H,4-5,10-11H2,2H3,(H2,18,19). The summed E-state index contributed by atoms with van der Waals surface area (Å²) in [5, 5.41) is 0. The second-order valence-electron chi connectivity index (χ2n) is 5.30. The molecule has 0 amide bonds. The quantitative estimate of drug-likeness (QED) is 0.511. The average Bonchev–Trinajstić information content (AvgIpc) is 2.45. The zero-order chi connectivity index (χ0) is 14.5. The molecular weight excluding hydrogens is 253 g/mol. The molecule has 2 atom stereocenters. The SMILES string of the molecule is C#CC(N=C(N)N1CCCC(C)C1)c1ccc(F)cc1. The highest BCUT2D eigenvalue weighted by atomic mass is 19.1. The van der Waals surface area contributed by atoms with Crippen LogP contribution in [0.4, 0.5) is 4.39 Å². The molecule has 0 saturated carbocycles. The lowest BCUT2D eigenvalue weighted by Gasteiger charge is -2.32. The number of terminal acetylenes is 1. The molecule has 2 N–H and O–H groups in total. The first kappa shape index (κ1) is 14.4. The van der Waals surface area contributed by atoms with Crippen molar-refractivity contribution in [1.29, 1.82) is 0 Å². The zero-order valence-electron chi connectivity index (χ0n) is 11.7. The van der Waals surface area contributed by atoms with E-state index in [0.717, 1.165) is 25.1 Å². The Bertz CT molecular complexity index is 516. The number of guanidine groups is 1. The Morgan fingerprint density at radius 2 is 2.20 bits per heavy atom. The van der Waals surface area contributed by atoms with Crippen LogP contribution < -0.4 is 5.73 Å². The summed E-state index contributed by atoms with van der Waals surface area (Å²) in [6.45, 7) is 4.04. The van der Waals surface area contributed by atoms with Crippen LogP contribution in [0, 0.1) is 24.1 Å². The number of nitrogens with zero attached hydrogens (tertiary/aromatic N) is 2. The summed E-state index contributed by atoms with van der Waals surface area (Å²) in [6, 6.07) is 5.60. The van der Waals surface area contributed by atoms with Crippen LogP contribution in [-0.2, 0) is 0 Å². The van der Waals surface area contributed by atoms with Crippen molar-refractivity contribution in [1.82, 2.24) is 4.90 Å². The van der Waals surface area contributed by atoms with Crippen molar-refractivity contribution in [3.8, 4) is 12.3 Å². The lowest BCUT2D eigenvalue weighted by molar-refractivity contribution is 0.270. The van der Waals surface area contributed by atoms with Gasteiger partial charge < -0.3 is 10.6 Å². The minimum Gasteiger partial charge on any atom is -0.370 e. The van der Waals surface area contributed by atoms with E-state index in [4.69, 9.17) is 12.2 Å². The van der Waals surface area contributed by atoms with E-state index in [1.807, 2.05) is 0 Å². The van der Waals surface area contributed by atoms with Crippen molar-refractivity contribution in [2.24, 2.45) is 16.6 Å². The molecule has 0 spiro atoms. The Balaban J connectivity index is 2.13. The summed E-state index contributed by atoms with van der Waals surface area (Å²) in [5.74, 6) is 3.41. The van der Waals surface area contributed by atoms with Crippen LogP contribution in [-0.4, -0.2) is 23.9 Å². The van der Waals surface area contributed by atoms with Gasteiger partial charge in [0.05, 0.1) is 0 Å². The number of hydrogen-bond acceptors (Lipinski definition) is 1. The van der Waals surface area contributed by atoms with Crippen LogP contribution in [0.25, 0.3) is 0 Å². The van der Waals surface area contributed by atoms with Gasteiger partial charge in [-0.15, -0.1) is 6.42 Å². The number of likely N-dealkylation sites (tertiary alicyclic amines) is 1. The Morgan fingerprint density at radius 3 is 2.80 bits per heavy atom. The highest BCUT2D eigenvalue weighted by Crippen LogP contribution is 2.19. The number of piperidine rings is 1. The van der Waals surface area contributed by atoms with E-state index in [9.17, 15) is 4.39 Å². The highest BCUT2D eigenvalue weighted by molar-refractivity contribution is 5.78. The van der Waals surface area contributed by atoms with Crippen molar-refractivity contribution < 1.29 is 4.39 Å². The minimum atomic E-state index is -0.465. The van der Waals surface area contributed by atoms with E-state index in [2.05, 4.69) is 22.7 Å². The maximum Gasteiger partial charge on any atom is 0.192 e. The van der Waals surface area contributed by atoms with Crippen LogP contribution in [0.2, 0.25) is 0 Å². The van der Waals surface area contributed by atoms with Gasteiger partial charge in [-0.25, -0.2) is 9.38 Å². The van der Waals surface area contributed by atoms with E-state index < -0.39 is 6.04 Å². The molecule has 2 unspecified atom stereocenters. The molecule has 0 bridgehead atoms. The van der Waals surface area contributed by atoms with Crippen molar-refractivity contribution >= 4 is 5.96 Å². The van der Waals surface area contributed by atoms with Crippen molar-refractivity contribution in [2.45, 2.75) is 25.8 Å². The fourth-order valence-corrected chi connectivity index (χ4v) is 2.46. The van der Waals surface area contributed by atoms with E-state index in [-0.39, 0.29) is 5.82 Å². The average molecular weight is 273 g/mol. The fourth-order valence-electron chi connectivity index (χ4n) is 2.46. The molecule has 1 fully saturated rings. The second-order valence-corrected chi connectivity index (χ2v) is 5.30. The van der Waals surface area contributed by atoms with Gasteiger partial charge in [0.25, 0.3) is 0 Å². The molecule has 1 aromatic carbocycles. The Labute approximate surface area is 119 Å². The maximum absolute atomic E-state index is 12.9. The number of hydrogen-bond donors (Lipinski definition) is 1. The largest absolute Gasteiger partial charge is 0.370 e. The maximum atomic E-state index is 12.9. The molecule has 2 rings (SSSR count). The number of rotatable bonds is 2. The lowest BCUT2D eigenvalue weighted by atomic mass is 10.0. The molecule has 20 heavy (non-hydrogen) atoms. The van der Waals surface area contributed by atoms with Gasteiger partial charge in [0.2, 0.25) is 0 Å². The van der Waals surface area contributed by atoms with Crippen LogP contribution in [0.5, 0.6) is 0 Å². The molecule has 0 aromatic heterocycles. The second kappa shape index (κ2) is 6.42. The third-order valence-corrected chi connectivity index (χ3v) is 3.59. The van der Waals surface area contributed by atoms with Gasteiger partial charge in [0.1, 0.15) is 11.9 Å². The first-order chi connectivity index (χ1) is 9.60. The van der Waals surface area contributed by atoms with Crippen molar-refractivity contribution in [2.75, 3.05) is 13.1 Å². The molecule has 1 aromatic rings. The molecule has 1 aliphatic rings. The Hall–Kier alpha value is -2.02. The zero-order valence-corrected chi connectivity index (χ0v) is 11.7. The molecular formula is C16H20FN3. The topological polar surface area (TPSA) is 41.6 Å². The molecule has 1 saturated heterocycles. The van der Waals surface area contributed by atoms with Crippen molar-refractivity contribution in [3.05, 3.63) is 35.6 Å². The molecule has 3 nitrogen and oxygen atoms in total. The smallest absolute Gasteiger partial charge is 0.192 e. The summed E-state index contributed by atoms with van der Waals surface area (Å²) in [5.41, 5.74) is 6.84. The predicted molar refractivity (Wildman–Crippen MR) is 79.6 cm³/mol. The first-order valence-electron chi connectivity index (χ1n) is 6.90. The molecule has 1 aliphatic heterocycles. The van der Waals surface area contributed by atoms with Gasteiger partial charge in [0.15, 0.2) is 5.96 Å². The summed E-state index contributed by atoms with van der Waals surface area (Å²) in [7, 11) is 0. The van der Waals surface area contributed by atoms with Gasteiger partial charge in [-0.2, -0.15) is 0 Å². The fraction of sp³-hybridized carbons (Fsp3) is 0.438. The summed E-state index contributed by atoms with van der Waals surface area (Å²) in [6.07, 6.45) is 7.87. The first-order valence-corrected chi connectivity index (χ1v) is 6.90. The molecule has 0 aliphatic carbocycles. The number of nitrogens with two attached hydrogens (primary N) is 1. The third-order valence-electron chi connectivity index (χ3n) is 3.59. The number of benzene rings is 1. The molecule has 0 radical (unpaired) electrons. The Kier molecular flexibility index (Phi) is 4.62. The van der Waals surface area contributed by atoms with Crippen LogP contribution in [0.3, 0.4) is 0 Å². The molecule has 106 valence electrons. The molecule has 4 heteroatoms. The van der Waals surface area contributed by atoms with Gasteiger partial charge in [0, 0.05) is 13.1 Å². The van der Waals surface area contributed by atoms with Crippen LogP contribution in [0.1, 0.15) is 31.4 Å². The highest BCUT2D eigenvalue weighted by Gasteiger charge is 2.18. The normalized spacial score (nSPS) is 21.4. The number of halogens is 1. The third kappa shape index (κ3) is 3.51. The van der Waals surface area contributed by atoms with Gasteiger partial charge in [-0.1, -0.05) is 25.0 Å². The molecule has 1 heterocycles. The summed E-state index contributed by atoms with van der Waals surface area (Å²) in [4.78, 5) is 6.49. The van der Waals surface area contributed by atoms with Gasteiger partial charge in [-0.3, -0.25) is 0 Å². The van der Waals surface area contributed by atoms with E-state index in [1.54, 1.807) is 12.1 Å². The van der Waals surface area contributed by atoms with E-state index in [0.29, 0.717) is 11.9 Å². The Morgan fingerprint density at radius 1 is 1.50 bits per heavy atom. The van der Waals surface area contributed by atoms with E-state index in [1.165, 1.54) is 18.6 Å². The van der Waals surface area contributed by atoms with Crippen LogP contribution in [0.15, 0.2) is 29.3 Å². The minimum absolute atomic E-state index is 0.286. The van der Waals surface area contributed by atoms with E-state index >= 15 is 0 Å². The van der Waals surface area contributed by atoms with Crippen LogP contribution >= 0.6 is 0 Å². The lowest BCUT2D eigenvalue weighted by Crippen LogP contribution is -2.43. The monoisotopic (exact) mass is 273 g/mol. The summed E-state index contributed by atoms with van der Waals surface area (Å²) < 4.78 is 12.9. The predicted octanol–water partition coefficient (Wildman–Crippen LogP) is 2.55.